The topological polar surface area (TPSA) is 112 Å². The van der Waals surface area contributed by atoms with E-state index in [2.05, 4.69) is 21.3 Å². The van der Waals surface area contributed by atoms with Crippen LogP contribution in [0.5, 0.6) is 0 Å². The Hall–Kier alpha value is -2.56. The molecule has 0 bridgehead atoms. The Morgan fingerprint density at radius 2 is 1.84 bits per heavy atom. The summed E-state index contributed by atoms with van der Waals surface area (Å²) in [5.74, 6) is -0.543. The van der Waals surface area contributed by atoms with E-state index < -0.39 is 22.9 Å². The molecule has 3 rings (SSSR count). The third-order valence-corrected chi connectivity index (χ3v) is 6.89. The monoisotopic (exact) mass is 437 g/mol. The molecule has 2 amide bonds. The first-order valence-corrected chi connectivity index (χ1v) is 11.6. The number of rotatable bonds is 6. The van der Waals surface area contributed by atoms with Crippen molar-refractivity contribution < 1.29 is 9.59 Å². The van der Waals surface area contributed by atoms with E-state index in [-0.39, 0.29) is 11.6 Å². The molecule has 1 heterocycles. The summed E-state index contributed by atoms with van der Waals surface area (Å²) >= 11 is 0. The van der Waals surface area contributed by atoms with E-state index in [4.69, 9.17) is 5.73 Å². The van der Waals surface area contributed by atoms with Crippen molar-refractivity contribution in [2.24, 2.45) is 16.6 Å². The van der Waals surface area contributed by atoms with Gasteiger partial charge in [-0.3, -0.25) is 9.59 Å². The summed E-state index contributed by atoms with van der Waals surface area (Å²) in [6, 6.07) is 11.6. The van der Waals surface area contributed by atoms with Crippen LogP contribution in [0, 0.1) is 17.2 Å². The molecule has 1 saturated heterocycles. The van der Waals surface area contributed by atoms with Crippen LogP contribution in [-0.2, 0) is 9.59 Å². The number of nitrogens with zero attached hydrogens (tertiary/aromatic N) is 3. The Morgan fingerprint density at radius 3 is 2.41 bits per heavy atom. The third kappa shape index (κ3) is 5.62. The molecule has 0 aromatic heterocycles. The fraction of sp³-hybridized carbons (Fsp3) is 0.600. The molecule has 3 N–H and O–H groups in total. The number of aliphatic imine (C=N–C) groups is 1. The SMILES string of the molecule is CC(=O)N=C(c1ccccc1)C(N)(CC1CCCCC1)C(=O)NC1(C#N)CCN(C)CC1. The van der Waals surface area contributed by atoms with E-state index in [1.165, 1.54) is 13.3 Å². The molecule has 1 aliphatic heterocycles. The van der Waals surface area contributed by atoms with Crippen LogP contribution < -0.4 is 11.1 Å². The summed E-state index contributed by atoms with van der Waals surface area (Å²) < 4.78 is 0. The molecule has 2 aliphatic rings. The van der Waals surface area contributed by atoms with Gasteiger partial charge < -0.3 is 16.0 Å². The smallest absolute Gasteiger partial charge is 0.247 e. The maximum atomic E-state index is 13.9. The number of benzene rings is 1. The number of hydrogen-bond acceptors (Lipinski definition) is 5. The Balaban J connectivity index is 2.00. The molecule has 7 heteroatoms. The summed E-state index contributed by atoms with van der Waals surface area (Å²) in [5, 5.41) is 13.0. The van der Waals surface area contributed by atoms with Gasteiger partial charge in [0.15, 0.2) is 0 Å². The maximum absolute atomic E-state index is 13.9. The maximum Gasteiger partial charge on any atom is 0.247 e. The number of hydrogen-bond donors (Lipinski definition) is 2. The van der Waals surface area contributed by atoms with Crippen molar-refractivity contribution in [3.8, 4) is 6.07 Å². The Labute approximate surface area is 191 Å². The first-order chi connectivity index (χ1) is 15.3. The molecule has 172 valence electrons. The first-order valence-electron chi connectivity index (χ1n) is 11.6. The third-order valence-electron chi connectivity index (χ3n) is 6.89. The van der Waals surface area contributed by atoms with Gasteiger partial charge in [-0.15, -0.1) is 0 Å². The minimum absolute atomic E-state index is 0.274. The van der Waals surface area contributed by atoms with E-state index in [1.54, 1.807) is 0 Å². The average molecular weight is 438 g/mol. The number of nitrogens with one attached hydrogen (secondary N) is 1. The van der Waals surface area contributed by atoms with Crippen LogP contribution in [0.3, 0.4) is 0 Å². The van der Waals surface area contributed by atoms with Gasteiger partial charge in [-0.25, -0.2) is 4.99 Å². The molecule has 1 atom stereocenters. The molecule has 2 fully saturated rings. The summed E-state index contributed by atoms with van der Waals surface area (Å²) in [6.45, 7) is 2.82. The van der Waals surface area contributed by atoms with Crippen LogP contribution in [0.1, 0.15) is 63.9 Å². The van der Waals surface area contributed by atoms with Crippen molar-refractivity contribution in [3.63, 3.8) is 0 Å². The fourth-order valence-electron chi connectivity index (χ4n) is 4.91. The minimum Gasteiger partial charge on any atom is -0.336 e. The van der Waals surface area contributed by atoms with Gasteiger partial charge in [0.1, 0.15) is 11.1 Å². The number of carbonyl (C=O) groups excluding carboxylic acids is 2. The van der Waals surface area contributed by atoms with Crippen LogP contribution >= 0.6 is 0 Å². The van der Waals surface area contributed by atoms with Crippen LogP contribution in [0.4, 0.5) is 0 Å². The quantitative estimate of drug-likeness (QED) is 0.665. The van der Waals surface area contributed by atoms with E-state index in [0.29, 0.717) is 24.8 Å². The van der Waals surface area contributed by atoms with Gasteiger partial charge in [-0.1, -0.05) is 62.4 Å². The molecular weight excluding hydrogens is 402 g/mol. The van der Waals surface area contributed by atoms with Crippen molar-refractivity contribution in [1.29, 1.82) is 5.26 Å². The number of carbonyl (C=O) groups is 2. The van der Waals surface area contributed by atoms with Gasteiger partial charge in [0.2, 0.25) is 11.8 Å². The van der Waals surface area contributed by atoms with Crippen molar-refractivity contribution in [2.45, 2.75) is 69.4 Å². The van der Waals surface area contributed by atoms with E-state index >= 15 is 0 Å². The van der Waals surface area contributed by atoms with Gasteiger partial charge in [0, 0.05) is 20.0 Å². The van der Waals surface area contributed by atoms with Crippen molar-refractivity contribution in [3.05, 3.63) is 35.9 Å². The van der Waals surface area contributed by atoms with Gasteiger partial charge in [0.25, 0.3) is 0 Å². The van der Waals surface area contributed by atoms with Gasteiger partial charge in [-0.05, 0) is 37.8 Å². The number of nitrogens with two attached hydrogens (primary N) is 1. The normalized spacial score (nSPS) is 21.9. The predicted molar refractivity (Wildman–Crippen MR) is 125 cm³/mol. The number of amides is 2. The van der Waals surface area contributed by atoms with Gasteiger partial charge in [0.05, 0.1) is 11.8 Å². The van der Waals surface area contributed by atoms with Crippen molar-refractivity contribution in [1.82, 2.24) is 10.2 Å². The number of likely N-dealkylation sites (tertiary alicyclic amines) is 1. The Morgan fingerprint density at radius 1 is 1.22 bits per heavy atom. The zero-order valence-electron chi connectivity index (χ0n) is 19.3. The molecule has 1 unspecified atom stereocenters. The largest absolute Gasteiger partial charge is 0.336 e. The zero-order valence-corrected chi connectivity index (χ0v) is 19.3. The van der Waals surface area contributed by atoms with Crippen LogP contribution in [0.25, 0.3) is 0 Å². The van der Waals surface area contributed by atoms with Gasteiger partial charge in [-0.2, -0.15) is 5.26 Å². The van der Waals surface area contributed by atoms with Crippen molar-refractivity contribution in [2.75, 3.05) is 20.1 Å². The number of nitriles is 1. The first kappa shape index (κ1) is 24.1. The van der Waals surface area contributed by atoms with Crippen LogP contribution in [0.2, 0.25) is 0 Å². The lowest BCUT2D eigenvalue weighted by Gasteiger charge is -2.40. The zero-order chi connectivity index (χ0) is 23.2. The average Bonchev–Trinajstić information content (AvgIpc) is 2.80. The van der Waals surface area contributed by atoms with Crippen molar-refractivity contribution >= 4 is 17.5 Å². The fourth-order valence-corrected chi connectivity index (χ4v) is 4.91. The molecule has 0 spiro atoms. The molecule has 7 nitrogen and oxygen atoms in total. The molecule has 1 aromatic carbocycles. The summed E-state index contributed by atoms with van der Waals surface area (Å²) in [5.41, 5.74) is 5.43. The highest BCUT2D eigenvalue weighted by atomic mass is 16.2. The molecule has 1 saturated carbocycles. The second-order valence-electron chi connectivity index (χ2n) is 9.48. The van der Waals surface area contributed by atoms with Crippen LogP contribution in [0.15, 0.2) is 35.3 Å². The molecule has 0 radical (unpaired) electrons. The van der Waals surface area contributed by atoms with E-state index in [0.717, 1.165) is 38.8 Å². The molecular formula is C25H35N5O2. The molecule has 1 aliphatic carbocycles. The Kier molecular flexibility index (Phi) is 7.81. The highest BCUT2D eigenvalue weighted by Gasteiger charge is 2.46. The summed E-state index contributed by atoms with van der Waals surface area (Å²) in [7, 11) is 2.01. The second kappa shape index (κ2) is 10.4. The number of piperidine rings is 1. The predicted octanol–water partition coefficient (Wildman–Crippen LogP) is 2.79. The molecule has 32 heavy (non-hydrogen) atoms. The second-order valence-corrected chi connectivity index (χ2v) is 9.48. The summed E-state index contributed by atoms with van der Waals surface area (Å²) in [6.07, 6.45) is 6.90. The minimum atomic E-state index is -1.50. The molecule has 1 aromatic rings. The Bertz CT molecular complexity index is 877. The highest BCUT2D eigenvalue weighted by Crippen LogP contribution is 2.33. The van der Waals surface area contributed by atoms with E-state index in [9.17, 15) is 14.9 Å². The van der Waals surface area contributed by atoms with Gasteiger partial charge >= 0.3 is 0 Å². The highest BCUT2D eigenvalue weighted by molar-refractivity contribution is 6.22. The van der Waals surface area contributed by atoms with Crippen LogP contribution in [-0.4, -0.2) is 53.6 Å². The summed E-state index contributed by atoms with van der Waals surface area (Å²) in [4.78, 5) is 32.4. The van der Waals surface area contributed by atoms with E-state index in [1.807, 2.05) is 37.4 Å². The lowest BCUT2D eigenvalue weighted by molar-refractivity contribution is -0.126. The lowest BCUT2D eigenvalue weighted by atomic mass is 9.75. The lowest BCUT2D eigenvalue weighted by Crippen LogP contribution is -2.66. The standard InChI is InChI=1S/C25H35N5O2/c1-19(31)28-22(21-11-7-4-8-12-21)25(27,17-20-9-5-3-6-10-20)23(32)29-24(18-26)13-15-30(2)16-14-24/h4,7-8,11-12,20H,3,5-6,9-10,13-17,27H2,1-2H3,(H,29,32).